The van der Waals surface area contributed by atoms with Crippen LogP contribution in [-0.4, -0.2) is 38.1 Å². The van der Waals surface area contributed by atoms with Gasteiger partial charge in [-0.15, -0.1) is 13.2 Å². The first kappa shape index (κ1) is 25.8. The Bertz CT molecular complexity index is 1230. The normalized spacial score (nSPS) is 15.2. The van der Waals surface area contributed by atoms with Gasteiger partial charge < -0.3 is 24.4 Å². The fraction of sp³-hybridized carbons (Fsp3) is 0.240. The van der Waals surface area contributed by atoms with E-state index in [2.05, 4.69) is 10.1 Å². The molecule has 0 bridgehead atoms. The molecule has 3 aromatic carbocycles. The lowest BCUT2D eigenvalue weighted by Gasteiger charge is -2.38. The van der Waals surface area contributed by atoms with Crippen LogP contribution >= 0.6 is 23.2 Å². The fourth-order valence-electron chi connectivity index (χ4n) is 4.22. The van der Waals surface area contributed by atoms with Gasteiger partial charge in [0.25, 0.3) is 0 Å². The number of methoxy groups -OCH3 is 2. The molecule has 2 amide bonds. The van der Waals surface area contributed by atoms with Crippen LogP contribution in [-0.2, 0) is 6.42 Å². The predicted octanol–water partition coefficient (Wildman–Crippen LogP) is 7.09. The molecule has 1 unspecified atom stereocenters. The van der Waals surface area contributed by atoms with Crippen LogP contribution < -0.4 is 19.5 Å². The van der Waals surface area contributed by atoms with Gasteiger partial charge in [-0.1, -0.05) is 23.2 Å². The second-order valence-corrected chi connectivity index (χ2v) is 8.83. The molecular formula is C25H21Cl2F3N2O4. The first-order chi connectivity index (χ1) is 17.1. The van der Waals surface area contributed by atoms with Crippen LogP contribution in [0.4, 0.5) is 23.7 Å². The number of nitrogens with one attached hydrogen (secondary N) is 1. The van der Waals surface area contributed by atoms with E-state index in [1.807, 2.05) is 6.07 Å². The molecule has 4 rings (SSSR count). The van der Waals surface area contributed by atoms with E-state index in [0.29, 0.717) is 45.8 Å². The molecule has 0 aromatic heterocycles. The minimum atomic E-state index is -4.81. The molecule has 1 aliphatic rings. The Hall–Kier alpha value is -3.30. The average Bonchev–Trinajstić information content (AvgIpc) is 2.82. The summed E-state index contributed by atoms with van der Waals surface area (Å²) in [6, 6.07) is 12.5. The van der Waals surface area contributed by atoms with E-state index in [0.717, 1.165) is 23.3 Å². The monoisotopic (exact) mass is 540 g/mol. The van der Waals surface area contributed by atoms with Crippen molar-refractivity contribution in [1.82, 2.24) is 4.90 Å². The van der Waals surface area contributed by atoms with Crippen molar-refractivity contribution in [3.05, 3.63) is 81.3 Å². The summed E-state index contributed by atoms with van der Waals surface area (Å²) in [7, 11) is 3.09. The Morgan fingerprint density at radius 3 is 2.22 bits per heavy atom. The highest BCUT2D eigenvalue weighted by Crippen LogP contribution is 2.44. The van der Waals surface area contributed by atoms with Gasteiger partial charge in [0.1, 0.15) is 17.2 Å². The molecule has 1 heterocycles. The van der Waals surface area contributed by atoms with Gasteiger partial charge in [-0.3, -0.25) is 0 Å². The lowest BCUT2D eigenvalue weighted by atomic mass is 9.87. The number of nitrogens with zero attached hydrogens (tertiary/aromatic N) is 1. The Labute approximate surface area is 215 Å². The maximum Gasteiger partial charge on any atom is 0.573 e. The third-order valence-corrected chi connectivity index (χ3v) is 6.10. The topological polar surface area (TPSA) is 60.0 Å². The number of alkyl halides is 3. The Morgan fingerprint density at radius 2 is 1.64 bits per heavy atom. The molecule has 0 fully saturated rings. The number of fused-ring (bicyclic) bond motifs is 1. The smallest absolute Gasteiger partial charge is 0.497 e. The summed E-state index contributed by atoms with van der Waals surface area (Å²) < 4.78 is 52.3. The number of hydrogen-bond donors (Lipinski definition) is 1. The zero-order valence-electron chi connectivity index (χ0n) is 19.2. The number of rotatable bonds is 5. The Kier molecular flexibility index (Phi) is 7.42. The van der Waals surface area contributed by atoms with Crippen LogP contribution in [0.5, 0.6) is 17.2 Å². The van der Waals surface area contributed by atoms with Crippen LogP contribution in [0.3, 0.4) is 0 Å². The van der Waals surface area contributed by atoms with Crippen molar-refractivity contribution < 1.29 is 32.2 Å². The molecule has 11 heteroatoms. The molecule has 1 atom stereocenters. The van der Waals surface area contributed by atoms with Gasteiger partial charge in [-0.25, -0.2) is 4.79 Å². The number of carbonyl (C=O) groups is 1. The summed E-state index contributed by atoms with van der Waals surface area (Å²) in [6.07, 6.45) is -4.29. The average molecular weight is 541 g/mol. The van der Waals surface area contributed by atoms with E-state index in [4.69, 9.17) is 32.7 Å². The Balaban J connectivity index is 1.71. The number of anilines is 1. The van der Waals surface area contributed by atoms with E-state index in [1.165, 1.54) is 19.2 Å². The van der Waals surface area contributed by atoms with Crippen molar-refractivity contribution in [2.24, 2.45) is 0 Å². The van der Waals surface area contributed by atoms with Crippen LogP contribution in [0.25, 0.3) is 0 Å². The number of amides is 2. The van der Waals surface area contributed by atoms with E-state index < -0.39 is 24.2 Å². The largest absolute Gasteiger partial charge is 0.573 e. The highest BCUT2D eigenvalue weighted by Gasteiger charge is 2.36. The minimum absolute atomic E-state index is 0.296. The zero-order chi connectivity index (χ0) is 26.0. The molecular weight excluding hydrogens is 520 g/mol. The molecule has 0 saturated carbocycles. The van der Waals surface area contributed by atoms with Crippen molar-refractivity contribution in [3.8, 4) is 17.2 Å². The molecule has 3 aromatic rings. The Morgan fingerprint density at radius 1 is 0.972 bits per heavy atom. The lowest BCUT2D eigenvalue weighted by molar-refractivity contribution is -0.274. The van der Waals surface area contributed by atoms with Gasteiger partial charge in [0.05, 0.1) is 20.3 Å². The quantitative estimate of drug-likeness (QED) is 0.375. The lowest BCUT2D eigenvalue weighted by Crippen LogP contribution is -2.43. The van der Waals surface area contributed by atoms with Gasteiger partial charge in [0, 0.05) is 33.9 Å². The van der Waals surface area contributed by atoms with Crippen molar-refractivity contribution in [2.75, 3.05) is 26.1 Å². The van der Waals surface area contributed by atoms with Crippen molar-refractivity contribution in [3.63, 3.8) is 0 Å². The molecule has 190 valence electrons. The van der Waals surface area contributed by atoms with Crippen LogP contribution in [0.15, 0.2) is 54.6 Å². The van der Waals surface area contributed by atoms with Gasteiger partial charge in [-0.2, -0.15) is 0 Å². The molecule has 6 nitrogen and oxygen atoms in total. The third kappa shape index (κ3) is 5.74. The summed E-state index contributed by atoms with van der Waals surface area (Å²) in [5.74, 6) is 0.752. The number of ether oxygens (including phenoxy) is 3. The van der Waals surface area contributed by atoms with Gasteiger partial charge in [0.2, 0.25) is 0 Å². The highest BCUT2D eigenvalue weighted by atomic mass is 35.5. The van der Waals surface area contributed by atoms with E-state index in [1.54, 1.807) is 36.3 Å². The maximum absolute atomic E-state index is 13.4. The summed E-state index contributed by atoms with van der Waals surface area (Å²) in [6.45, 7) is 0.333. The zero-order valence-corrected chi connectivity index (χ0v) is 20.7. The highest BCUT2D eigenvalue weighted by molar-refractivity contribution is 6.34. The fourth-order valence-corrected chi connectivity index (χ4v) is 4.76. The molecule has 0 aliphatic carbocycles. The summed E-state index contributed by atoms with van der Waals surface area (Å²) in [5, 5.41) is 3.54. The minimum Gasteiger partial charge on any atom is -0.497 e. The van der Waals surface area contributed by atoms with Gasteiger partial charge in [-0.05, 0) is 66.1 Å². The van der Waals surface area contributed by atoms with E-state index in [-0.39, 0.29) is 0 Å². The van der Waals surface area contributed by atoms with Crippen molar-refractivity contribution >= 4 is 34.9 Å². The van der Waals surface area contributed by atoms with Crippen LogP contribution in [0.2, 0.25) is 10.0 Å². The number of halogens is 5. The molecule has 0 radical (unpaired) electrons. The molecule has 0 saturated heterocycles. The number of benzene rings is 3. The summed E-state index contributed by atoms with van der Waals surface area (Å²) in [5.41, 5.74) is 2.66. The first-order valence-electron chi connectivity index (χ1n) is 10.7. The SMILES string of the molecule is COc1cc2c(c(OC)c1)C(c1cc(Cl)cc(Cl)c1)N(C(=O)Nc1ccc(OC(F)(F)F)cc1)CC2. The van der Waals surface area contributed by atoms with E-state index >= 15 is 0 Å². The predicted molar refractivity (Wildman–Crippen MR) is 130 cm³/mol. The van der Waals surface area contributed by atoms with Crippen LogP contribution in [0, 0.1) is 0 Å². The second kappa shape index (κ2) is 10.4. The molecule has 1 N–H and O–H groups in total. The summed E-state index contributed by atoms with van der Waals surface area (Å²) in [4.78, 5) is 15.0. The number of carbonyl (C=O) groups excluding carboxylic acids is 1. The number of urea groups is 1. The maximum atomic E-state index is 13.4. The van der Waals surface area contributed by atoms with Crippen molar-refractivity contribution in [2.45, 2.75) is 18.8 Å². The van der Waals surface area contributed by atoms with Gasteiger partial charge in [0.15, 0.2) is 0 Å². The molecule has 36 heavy (non-hydrogen) atoms. The third-order valence-electron chi connectivity index (χ3n) is 5.66. The first-order valence-corrected chi connectivity index (χ1v) is 11.5. The van der Waals surface area contributed by atoms with Crippen molar-refractivity contribution in [1.29, 1.82) is 0 Å². The molecule has 1 aliphatic heterocycles. The summed E-state index contributed by atoms with van der Waals surface area (Å²) >= 11 is 12.6. The van der Waals surface area contributed by atoms with Gasteiger partial charge >= 0.3 is 12.4 Å². The van der Waals surface area contributed by atoms with E-state index in [9.17, 15) is 18.0 Å². The second-order valence-electron chi connectivity index (χ2n) is 7.95. The van der Waals surface area contributed by atoms with Crippen LogP contribution in [0.1, 0.15) is 22.7 Å². The number of hydrogen-bond acceptors (Lipinski definition) is 4. The molecule has 0 spiro atoms. The standard InChI is InChI=1S/C25H21Cl2F3N2O4/c1-34-20-11-14-7-8-32(24(33)31-18-3-5-19(6-4-18)36-25(28,29)30)23(22(14)21(13-20)35-2)15-9-16(26)12-17(27)10-15/h3-6,9-13,23H,7-8H2,1-2H3,(H,31,33).